The summed E-state index contributed by atoms with van der Waals surface area (Å²) in [5.74, 6) is -0.0650. The fourth-order valence-electron chi connectivity index (χ4n) is 2.50. The highest BCUT2D eigenvalue weighted by Gasteiger charge is 2.18. The van der Waals surface area contributed by atoms with Crippen molar-refractivity contribution >= 4 is 17.5 Å². The molecule has 0 aromatic heterocycles. The van der Waals surface area contributed by atoms with E-state index >= 15 is 0 Å². The Hall–Kier alpha value is -2.08. The van der Waals surface area contributed by atoms with Gasteiger partial charge in [-0.3, -0.25) is 14.5 Å². The fraction of sp³-hybridized carbons (Fsp3) is 0.500. The molecule has 2 amide bonds. The number of hydrogen-bond acceptors (Lipinski definition) is 4. The summed E-state index contributed by atoms with van der Waals surface area (Å²) < 4.78 is 0. The molecule has 0 unspecified atom stereocenters. The minimum Gasteiger partial charge on any atom is -0.369 e. The molecule has 1 aromatic carbocycles. The van der Waals surface area contributed by atoms with Crippen LogP contribution in [0, 0.1) is 0 Å². The monoisotopic (exact) mass is 304 g/mol. The predicted molar refractivity (Wildman–Crippen MR) is 86.8 cm³/mol. The van der Waals surface area contributed by atoms with Crippen molar-refractivity contribution in [1.29, 1.82) is 0 Å². The molecule has 0 aliphatic carbocycles. The van der Waals surface area contributed by atoms with E-state index < -0.39 is 0 Å². The highest BCUT2D eigenvalue weighted by atomic mass is 16.2. The molecule has 1 fully saturated rings. The first kappa shape index (κ1) is 16.3. The van der Waals surface area contributed by atoms with E-state index in [4.69, 9.17) is 0 Å². The zero-order chi connectivity index (χ0) is 15.8. The van der Waals surface area contributed by atoms with E-state index in [1.165, 1.54) is 12.6 Å². The van der Waals surface area contributed by atoms with Gasteiger partial charge in [0.1, 0.15) is 0 Å². The smallest absolute Gasteiger partial charge is 0.234 e. The SMILES string of the molecule is CC(=O)NCCNC(=O)CN1CCN(c2ccccc2)CC1. The Morgan fingerprint density at radius 2 is 1.64 bits per heavy atom. The van der Waals surface area contributed by atoms with Gasteiger partial charge < -0.3 is 15.5 Å². The second-order valence-corrected chi connectivity index (χ2v) is 5.43. The first-order valence-corrected chi connectivity index (χ1v) is 7.68. The van der Waals surface area contributed by atoms with E-state index in [0.717, 1.165) is 26.2 Å². The fourth-order valence-corrected chi connectivity index (χ4v) is 2.50. The lowest BCUT2D eigenvalue weighted by Crippen LogP contribution is -2.50. The molecule has 120 valence electrons. The molecule has 6 nitrogen and oxygen atoms in total. The predicted octanol–water partition coefficient (Wildman–Crippen LogP) is 0.0609. The zero-order valence-electron chi connectivity index (χ0n) is 13.0. The molecule has 0 spiro atoms. The van der Waals surface area contributed by atoms with Crippen LogP contribution in [0.2, 0.25) is 0 Å². The third-order valence-electron chi connectivity index (χ3n) is 3.68. The second-order valence-electron chi connectivity index (χ2n) is 5.43. The third-order valence-corrected chi connectivity index (χ3v) is 3.68. The highest BCUT2D eigenvalue weighted by Crippen LogP contribution is 2.15. The van der Waals surface area contributed by atoms with Gasteiger partial charge in [-0.2, -0.15) is 0 Å². The summed E-state index contributed by atoms with van der Waals surface area (Å²) in [4.78, 5) is 27.0. The molecule has 0 saturated carbocycles. The summed E-state index contributed by atoms with van der Waals surface area (Å²) in [6.07, 6.45) is 0. The molecule has 0 radical (unpaired) electrons. The molecular weight excluding hydrogens is 280 g/mol. The summed E-state index contributed by atoms with van der Waals surface area (Å²) in [5, 5.41) is 5.47. The Labute approximate surface area is 131 Å². The molecule has 2 rings (SSSR count). The summed E-state index contributed by atoms with van der Waals surface area (Å²) >= 11 is 0. The van der Waals surface area contributed by atoms with Crippen molar-refractivity contribution in [1.82, 2.24) is 15.5 Å². The number of para-hydroxylation sites is 1. The Morgan fingerprint density at radius 1 is 1.00 bits per heavy atom. The Kier molecular flexibility index (Phi) is 6.21. The highest BCUT2D eigenvalue weighted by molar-refractivity contribution is 5.78. The molecule has 6 heteroatoms. The maximum atomic E-state index is 11.8. The van der Waals surface area contributed by atoms with Gasteiger partial charge in [-0.15, -0.1) is 0 Å². The largest absolute Gasteiger partial charge is 0.369 e. The second kappa shape index (κ2) is 8.38. The van der Waals surface area contributed by atoms with Crippen molar-refractivity contribution in [2.24, 2.45) is 0 Å². The van der Waals surface area contributed by atoms with Gasteiger partial charge in [0, 0.05) is 51.9 Å². The molecule has 1 aliphatic heterocycles. The van der Waals surface area contributed by atoms with Crippen LogP contribution in [-0.4, -0.2) is 62.5 Å². The number of benzene rings is 1. The summed E-state index contributed by atoms with van der Waals surface area (Å²) in [7, 11) is 0. The van der Waals surface area contributed by atoms with Crippen molar-refractivity contribution in [2.75, 3.05) is 50.7 Å². The van der Waals surface area contributed by atoms with Crippen LogP contribution < -0.4 is 15.5 Å². The van der Waals surface area contributed by atoms with E-state index in [0.29, 0.717) is 19.6 Å². The number of nitrogens with one attached hydrogen (secondary N) is 2. The van der Waals surface area contributed by atoms with Gasteiger partial charge in [0.15, 0.2) is 0 Å². The van der Waals surface area contributed by atoms with Crippen LogP contribution in [0.1, 0.15) is 6.92 Å². The molecular formula is C16H24N4O2. The van der Waals surface area contributed by atoms with Crippen molar-refractivity contribution in [3.63, 3.8) is 0 Å². The quantitative estimate of drug-likeness (QED) is 0.730. The first-order chi connectivity index (χ1) is 10.6. The number of carbonyl (C=O) groups excluding carboxylic acids is 2. The molecule has 0 atom stereocenters. The number of hydrogen-bond donors (Lipinski definition) is 2. The van der Waals surface area contributed by atoms with Crippen LogP contribution in [0.15, 0.2) is 30.3 Å². The topological polar surface area (TPSA) is 64.7 Å². The number of rotatable bonds is 6. The Morgan fingerprint density at radius 3 is 2.27 bits per heavy atom. The van der Waals surface area contributed by atoms with Crippen LogP contribution in [-0.2, 0) is 9.59 Å². The van der Waals surface area contributed by atoms with Crippen LogP contribution in [0.25, 0.3) is 0 Å². The average molecular weight is 304 g/mol. The van der Waals surface area contributed by atoms with Gasteiger partial charge >= 0.3 is 0 Å². The number of amides is 2. The van der Waals surface area contributed by atoms with Gasteiger partial charge in [0.05, 0.1) is 6.54 Å². The molecule has 2 N–H and O–H groups in total. The first-order valence-electron chi connectivity index (χ1n) is 7.68. The zero-order valence-corrected chi connectivity index (χ0v) is 13.0. The van der Waals surface area contributed by atoms with Crippen LogP contribution in [0.4, 0.5) is 5.69 Å². The van der Waals surface area contributed by atoms with Gasteiger partial charge in [0.25, 0.3) is 0 Å². The van der Waals surface area contributed by atoms with Crippen molar-refractivity contribution in [3.05, 3.63) is 30.3 Å². The van der Waals surface area contributed by atoms with Gasteiger partial charge in [-0.1, -0.05) is 18.2 Å². The summed E-state index contributed by atoms with van der Waals surface area (Å²) in [6, 6.07) is 10.3. The maximum Gasteiger partial charge on any atom is 0.234 e. The molecule has 1 saturated heterocycles. The number of carbonyl (C=O) groups is 2. The van der Waals surface area contributed by atoms with Crippen LogP contribution >= 0.6 is 0 Å². The van der Waals surface area contributed by atoms with Gasteiger partial charge in [-0.05, 0) is 12.1 Å². The number of piperazine rings is 1. The van der Waals surface area contributed by atoms with Crippen molar-refractivity contribution in [2.45, 2.75) is 6.92 Å². The Bertz CT molecular complexity index is 484. The van der Waals surface area contributed by atoms with Crippen LogP contribution in [0.3, 0.4) is 0 Å². The lowest BCUT2D eigenvalue weighted by Gasteiger charge is -2.35. The van der Waals surface area contributed by atoms with Gasteiger partial charge in [0.2, 0.25) is 11.8 Å². The Balaban J connectivity index is 1.64. The molecule has 1 heterocycles. The van der Waals surface area contributed by atoms with E-state index in [1.54, 1.807) is 0 Å². The van der Waals surface area contributed by atoms with Gasteiger partial charge in [-0.25, -0.2) is 0 Å². The molecule has 1 aromatic rings. The van der Waals surface area contributed by atoms with E-state index in [1.807, 2.05) is 18.2 Å². The van der Waals surface area contributed by atoms with Crippen molar-refractivity contribution < 1.29 is 9.59 Å². The third kappa shape index (κ3) is 5.37. The van der Waals surface area contributed by atoms with Crippen molar-refractivity contribution in [3.8, 4) is 0 Å². The van der Waals surface area contributed by atoms with E-state index in [9.17, 15) is 9.59 Å². The average Bonchev–Trinajstić information content (AvgIpc) is 2.53. The lowest BCUT2D eigenvalue weighted by atomic mass is 10.2. The normalized spacial score (nSPS) is 15.4. The lowest BCUT2D eigenvalue weighted by molar-refractivity contribution is -0.123. The van der Waals surface area contributed by atoms with Crippen LogP contribution in [0.5, 0.6) is 0 Å². The minimum atomic E-state index is -0.0775. The summed E-state index contributed by atoms with van der Waals surface area (Å²) in [5.41, 5.74) is 1.24. The molecule has 22 heavy (non-hydrogen) atoms. The maximum absolute atomic E-state index is 11.8. The minimum absolute atomic E-state index is 0.0125. The molecule has 0 bridgehead atoms. The van der Waals surface area contributed by atoms with E-state index in [-0.39, 0.29) is 11.8 Å². The van der Waals surface area contributed by atoms with E-state index in [2.05, 4.69) is 32.6 Å². The molecule has 1 aliphatic rings. The standard InChI is InChI=1S/C16H24N4O2/c1-14(21)17-7-8-18-16(22)13-19-9-11-20(12-10-19)15-5-3-2-4-6-15/h2-6H,7-13H2,1H3,(H,17,21)(H,18,22). The number of nitrogens with zero attached hydrogens (tertiary/aromatic N) is 2. The number of anilines is 1. The summed E-state index contributed by atoms with van der Waals surface area (Å²) in [6.45, 7) is 6.47.